The van der Waals surface area contributed by atoms with E-state index >= 15 is 0 Å². The second-order valence-electron chi connectivity index (χ2n) is 6.57. The number of anilines is 1. The summed E-state index contributed by atoms with van der Waals surface area (Å²) < 4.78 is 5.15. The molecule has 3 rings (SSSR count). The number of benzene rings is 2. The van der Waals surface area contributed by atoms with E-state index in [0.29, 0.717) is 15.6 Å². The van der Waals surface area contributed by atoms with Gasteiger partial charge in [0.1, 0.15) is 16.4 Å². The molecule has 0 fully saturated rings. The second kappa shape index (κ2) is 10.2. The molecule has 6 heteroatoms. The smallest absolute Gasteiger partial charge is 0.344 e. The summed E-state index contributed by atoms with van der Waals surface area (Å²) in [5.41, 5.74) is 2.90. The van der Waals surface area contributed by atoms with E-state index in [-0.39, 0.29) is 17.9 Å². The van der Waals surface area contributed by atoms with E-state index in [1.165, 1.54) is 11.8 Å². The molecule has 0 saturated carbocycles. The predicted octanol–water partition coefficient (Wildman–Crippen LogP) is 5.73. The lowest BCUT2D eigenvalue weighted by Crippen LogP contribution is -2.21. The third-order valence-electron chi connectivity index (χ3n) is 4.68. The van der Waals surface area contributed by atoms with Gasteiger partial charge in [0, 0.05) is 18.8 Å². The fourth-order valence-electron chi connectivity index (χ4n) is 3.13. The van der Waals surface area contributed by atoms with E-state index in [0.717, 1.165) is 24.3 Å². The quantitative estimate of drug-likeness (QED) is 0.578. The maximum absolute atomic E-state index is 12.5. The van der Waals surface area contributed by atoms with E-state index in [1.54, 1.807) is 6.92 Å². The predicted molar refractivity (Wildman–Crippen MR) is 125 cm³/mol. The Morgan fingerprint density at radius 2 is 1.73 bits per heavy atom. The van der Waals surface area contributed by atoms with Gasteiger partial charge in [-0.15, -0.1) is 0 Å². The molecule has 1 aliphatic rings. The molecule has 0 atom stereocenters. The summed E-state index contributed by atoms with van der Waals surface area (Å²) in [6.07, 6.45) is 1.86. The van der Waals surface area contributed by atoms with Gasteiger partial charge in [-0.05, 0) is 56.7 Å². The van der Waals surface area contributed by atoms with Gasteiger partial charge in [0.15, 0.2) is 0 Å². The molecule has 2 aromatic carbocycles. The molecule has 0 spiro atoms. The Morgan fingerprint density at radius 1 is 1.07 bits per heavy atom. The summed E-state index contributed by atoms with van der Waals surface area (Å²) in [6, 6.07) is 17.5. The summed E-state index contributed by atoms with van der Waals surface area (Å²) in [7, 11) is 0. The fourth-order valence-corrected chi connectivity index (χ4v) is 4.17. The molecule has 0 saturated heterocycles. The third kappa shape index (κ3) is 4.94. The van der Waals surface area contributed by atoms with Crippen LogP contribution < -0.4 is 4.90 Å². The zero-order valence-corrected chi connectivity index (χ0v) is 18.3. The first kappa shape index (κ1) is 21.7. The third-order valence-corrected chi connectivity index (χ3v) is 5.70. The number of rotatable bonds is 7. The highest BCUT2D eigenvalue weighted by molar-refractivity contribution is 8.18. The van der Waals surface area contributed by atoms with Crippen LogP contribution in [0.15, 0.2) is 75.8 Å². The van der Waals surface area contributed by atoms with Crippen LogP contribution in [0.25, 0.3) is 6.08 Å². The molecule has 5 nitrogen and oxygen atoms in total. The van der Waals surface area contributed by atoms with Crippen molar-refractivity contribution in [3.05, 3.63) is 76.4 Å². The topological polar surface area (TPSA) is 62.1 Å². The van der Waals surface area contributed by atoms with Gasteiger partial charge < -0.3 is 14.7 Å². The van der Waals surface area contributed by atoms with E-state index in [1.807, 2.05) is 48.5 Å². The van der Waals surface area contributed by atoms with E-state index in [2.05, 4.69) is 35.9 Å². The standard InChI is InChI=1S/C24H26N2O3S/c1-4-26(5-2)19-14-12-17(13-15-19)16-20-22(27)21(24(28)29-6-3)23(30-20)25-18-10-8-7-9-11-18/h7-16,27H,4-6H2,1-3H3. The molecule has 0 radical (unpaired) electrons. The Hall–Kier alpha value is -2.99. The Kier molecular flexibility index (Phi) is 7.36. The first-order valence-electron chi connectivity index (χ1n) is 10.1. The van der Waals surface area contributed by atoms with Gasteiger partial charge in [-0.2, -0.15) is 0 Å². The van der Waals surface area contributed by atoms with Crippen LogP contribution in [0.4, 0.5) is 11.4 Å². The number of aliphatic imine (C=N–C) groups is 1. The van der Waals surface area contributed by atoms with E-state index in [4.69, 9.17) is 4.74 Å². The highest BCUT2D eigenvalue weighted by Gasteiger charge is 2.33. The average Bonchev–Trinajstić information content (AvgIpc) is 3.05. The van der Waals surface area contributed by atoms with Gasteiger partial charge in [-0.25, -0.2) is 9.79 Å². The van der Waals surface area contributed by atoms with Crippen LogP contribution in [-0.2, 0) is 9.53 Å². The molecular weight excluding hydrogens is 396 g/mol. The lowest BCUT2D eigenvalue weighted by molar-refractivity contribution is -0.138. The number of aliphatic hydroxyl groups excluding tert-OH is 1. The zero-order chi connectivity index (χ0) is 21.5. The van der Waals surface area contributed by atoms with E-state index < -0.39 is 5.97 Å². The molecule has 2 aromatic rings. The van der Waals surface area contributed by atoms with Crippen molar-refractivity contribution in [2.75, 3.05) is 24.6 Å². The average molecular weight is 423 g/mol. The summed E-state index contributed by atoms with van der Waals surface area (Å²) in [5, 5.41) is 11.2. The van der Waals surface area contributed by atoms with Crippen molar-refractivity contribution in [3.63, 3.8) is 0 Å². The van der Waals surface area contributed by atoms with Gasteiger partial charge in [0.2, 0.25) is 0 Å². The molecule has 1 heterocycles. The highest BCUT2D eigenvalue weighted by atomic mass is 32.2. The van der Waals surface area contributed by atoms with Crippen molar-refractivity contribution < 1.29 is 14.6 Å². The lowest BCUT2D eigenvalue weighted by Gasteiger charge is -2.20. The van der Waals surface area contributed by atoms with Crippen molar-refractivity contribution in [2.24, 2.45) is 4.99 Å². The minimum Gasteiger partial charge on any atom is -0.506 e. The molecule has 0 unspecified atom stereocenters. The van der Waals surface area contributed by atoms with Gasteiger partial charge in [-0.3, -0.25) is 0 Å². The maximum atomic E-state index is 12.5. The molecule has 1 aliphatic heterocycles. The van der Waals surface area contributed by atoms with E-state index in [9.17, 15) is 9.90 Å². The molecule has 0 bridgehead atoms. The summed E-state index contributed by atoms with van der Waals surface area (Å²) in [6.45, 7) is 8.10. The number of esters is 1. The fraction of sp³-hybridized carbons (Fsp3) is 0.250. The number of ether oxygens (including phenoxy) is 1. The van der Waals surface area contributed by atoms with Gasteiger partial charge in [0.05, 0.1) is 17.2 Å². The zero-order valence-electron chi connectivity index (χ0n) is 17.5. The number of nitrogens with zero attached hydrogens (tertiary/aromatic N) is 2. The first-order valence-corrected chi connectivity index (χ1v) is 10.9. The number of hydrogen-bond acceptors (Lipinski definition) is 6. The molecule has 1 N–H and O–H groups in total. The van der Waals surface area contributed by atoms with Crippen LogP contribution in [0.3, 0.4) is 0 Å². The van der Waals surface area contributed by atoms with Gasteiger partial charge in [-0.1, -0.05) is 42.1 Å². The van der Waals surface area contributed by atoms with Crippen molar-refractivity contribution >= 4 is 40.2 Å². The molecule has 30 heavy (non-hydrogen) atoms. The molecule has 0 aliphatic carbocycles. The normalized spacial score (nSPS) is 16.4. The summed E-state index contributed by atoms with van der Waals surface area (Å²) in [5.74, 6) is -0.668. The van der Waals surface area contributed by atoms with Crippen molar-refractivity contribution in [1.82, 2.24) is 0 Å². The Bertz CT molecular complexity index is 975. The molecular formula is C24H26N2O3S. The SMILES string of the molecule is CCOC(=O)C1=C(O)C(=Cc2ccc(N(CC)CC)cc2)SC1=Nc1ccccc1. The number of carbonyl (C=O) groups excluding carboxylic acids is 1. The van der Waals surface area contributed by atoms with Gasteiger partial charge >= 0.3 is 5.97 Å². The number of aliphatic hydroxyl groups is 1. The Morgan fingerprint density at radius 3 is 2.33 bits per heavy atom. The summed E-state index contributed by atoms with van der Waals surface area (Å²) in [4.78, 5) is 19.9. The van der Waals surface area contributed by atoms with Crippen molar-refractivity contribution in [1.29, 1.82) is 0 Å². The van der Waals surface area contributed by atoms with Crippen LogP contribution in [0.5, 0.6) is 0 Å². The number of hydrogen-bond donors (Lipinski definition) is 1. The second-order valence-corrected chi connectivity index (χ2v) is 7.60. The molecule has 156 valence electrons. The monoisotopic (exact) mass is 422 g/mol. The summed E-state index contributed by atoms with van der Waals surface area (Å²) >= 11 is 1.27. The number of para-hydroxylation sites is 1. The van der Waals surface area contributed by atoms with Crippen LogP contribution in [0.2, 0.25) is 0 Å². The van der Waals surface area contributed by atoms with Crippen molar-refractivity contribution in [2.45, 2.75) is 20.8 Å². The van der Waals surface area contributed by atoms with Crippen LogP contribution in [-0.4, -0.2) is 35.8 Å². The maximum Gasteiger partial charge on any atom is 0.344 e. The minimum absolute atomic E-state index is 0.0963. The number of thioether (sulfide) groups is 1. The number of carbonyl (C=O) groups is 1. The van der Waals surface area contributed by atoms with Crippen molar-refractivity contribution in [3.8, 4) is 0 Å². The largest absolute Gasteiger partial charge is 0.506 e. The first-order chi connectivity index (χ1) is 14.6. The minimum atomic E-state index is -0.572. The van der Waals surface area contributed by atoms with Gasteiger partial charge in [0.25, 0.3) is 0 Å². The van der Waals surface area contributed by atoms with Crippen LogP contribution in [0.1, 0.15) is 26.3 Å². The lowest BCUT2D eigenvalue weighted by atomic mass is 10.1. The van der Waals surface area contributed by atoms with Crippen LogP contribution in [0, 0.1) is 0 Å². The Labute approximate surface area is 181 Å². The molecule has 0 aromatic heterocycles. The highest BCUT2D eigenvalue weighted by Crippen LogP contribution is 2.40. The van der Waals surface area contributed by atoms with Crippen LogP contribution >= 0.6 is 11.8 Å². The Balaban J connectivity index is 1.95. The molecule has 0 amide bonds.